The van der Waals surface area contributed by atoms with Crippen LogP contribution in [0, 0.1) is 0 Å². The van der Waals surface area contributed by atoms with Crippen LogP contribution >= 0.6 is 0 Å². The quantitative estimate of drug-likeness (QED) is 0.768. The molecule has 2 amide bonds. The third kappa shape index (κ3) is 4.32. The molecule has 0 bridgehead atoms. The molecule has 2 rings (SSSR count). The fourth-order valence-corrected chi connectivity index (χ4v) is 2.29. The molecule has 0 saturated heterocycles. The van der Waals surface area contributed by atoms with Crippen LogP contribution in [0.25, 0.3) is 0 Å². The lowest BCUT2D eigenvalue weighted by atomic mass is 10.1. The van der Waals surface area contributed by atoms with E-state index in [2.05, 4.69) is 16.0 Å². The molecule has 0 aliphatic carbocycles. The molecule has 120 valence electrons. The highest BCUT2D eigenvalue weighted by Gasteiger charge is 2.10. The molecule has 3 N–H and O–H groups in total. The van der Waals surface area contributed by atoms with Crippen LogP contribution in [0.15, 0.2) is 48.5 Å². The van der Waals surface area contributed by atoms with Crippen molar-refractivity contribution in [2.45, 2.75) is 13.3 Å². The Morgan fingerprint density at radius 2 is 1.61 bits per heavy atom. The Morgan fingerprint density at radius 1 is 0.957 bits per heavy atom. The molecule has 0 radical (unpaired) electrons. The van der Waals surface area contributed by atoms with E-state index in [9.17, 15) is 9.59 Å². The van der Waals surface area contributed by atoms with Crippen LogP contribution in [0.4, 0.5) is 11.4 Å². The molecule has 2 aromatic carbocycles. The number of para-hydroxylation sites is 2. The number of anilines is 2. The van der Waals surface area contributed by atoms with Gasteiger partial charge in [0, 0.05) is 18.4 Å². The molecule has 2 aromatic rings. The van der Waals surface area contributed by atoms with Gasteiger partial charge in [0.2, 0.25) is 5.91 Å². The van der Waals surface area contributed by atoms with Gasteiger partial charge < -0.3 is 16.0 Å². The Hall–Kier alpha value is -2.82. The average molecular weight is 311 g/mol. The Kier molecular flexibility index (Phi) is 5.74. The largest absolute Gasteiger partial charge is 0.376 e. The number of carbonyl (C=O) groups is 2. The second-order valence-corrected chi connectivity index (χ2v) is 5.04. The summed E-state index contributed by atoms with van der Waals surface area (Å²) in [7, 11) is 1.58. The summed E-state index contributed by atoms with van der Waals surface area (Å²) in [6.45, 7) is 2.13. The summed E-state index contributed by atoms with van der Waals surface area (Å²) in [5.74, 6) is -0.345. The van der Waals surface area contributed by atoms with Gasteiger partial charge in [-0.1, -0.05) is 37.3 Å². The number of carbonyl (C=O) groups excluding carboxylic acids is 2. The van der Waals surface area contributed by atoms with E-state index in [1.807, 2.05) is 37.3 Å². The molecule has 0 unspecified atom stereocenters. The molecule has 0 fully saturated rings. The van der Waals surface area contributed by atoms with E-state index in [4.69, 9.17) is 0 Å². The van der Waals surface area contributed by atoms with Crippen molar-refractivity contribution in [1.29, 1.82) is 0 Å². The highest BCUT2D eigenvalue weighted by Crippen LogP contribution is 2.16. The summed E-state index contributed by atoms with van der Waals surface area (Å²) < 4.78 is 0. The number of rotatable bonds is 6. The molecule has 0 saturated carbocycles. The van der Waals surface area contributed by atoms with Crippen molar-refractivity contribution >= 4 is 23.2 Å². The Bertz CT molecular complexity index is 698. The molecule has 5 nitrogen and oxygen atoms in total. The lowest BCUT2D eigenvalue weighted by Gasteiger charge is -2.12. The van der Waals surface area contributed by atoms with Crippen LogP contribution in [-0.4, -0.2) is 25.4 Å². The van der Waals surface area contributed by atoms with Crippen molar-refractivity contribution in [3.8, 4) is 0 Å². The molecule has 0 atom stereocenters. The van der Waals surface area contributed by atoms with Crippen LogP contribution < -0.4 is 16.0 Å². The first-order valence-electron chi connectivity index (χ1n) is 7.58. The van der Waals surface area contributed by atoms with Gasteiger partial charge in [-0.3, -0.25) is 9.59 Å². The third-order valence-corrected chi connectivity index (χ3v) is 3.51. The molecule has 0 heterocycles. The topological polar surface area (TPSA) is 70.2 Å². The standard InChI is InChI=1S/C18H21N3O2/c1-3-13-8-4-6-10-15(13)21-17(22)12-20-16-11-7-5-9-14(16)18(23)19-2/h4-11,20H,3,12H2,1-2H3,(H,19,23)(H,21,22). The summed E-state index contributed by atoms with van der Waals surface area (Å²) in [5.41, 5.74) is 3.05. The predicted octanol–water partition coefficient (Wildman–Crippen LogP) is 2.66. The summed E-state index contributed by atoms with van der Waals surface area (Å²) in [5, 5.41) is 8.49. The van der Waals surface area contributed by atoms with E-state index in [1.165, 1.54) is 0 Å². The molecule has 0 aliphatic rings. The summed E-state index contributed by atoms with van der Waals surface area (Å²) in [6, 6.07) is 14.8. The minimum absolute atomic E-state index is 0.0893. The molecule has 0 aromatic heterocycles. The maximum Gasteiger partial charge on any atom is 0.253 e. The van der Waals surface area contributed by atoms with E-state index in [-0.39, 0.29) is 18.4 Å². The van der Waals surface area contributed by atoms with Crippen LogP contribution in [-0.2, 0) is 11.2 Å². The second kappa shape index (κ2) is 7.98. The molecule has 5 heteroatoms. The van der Waals surface area contributed by atoms with Gasteiger partial charge in [-0.2, -0.15) is 0 Å². The number of nitrogens with one attached hydrogen (secondary N) is 3. The monoisotopic (exact) mass is 311 g/mol. The second-order valence-electron chi connectivity index (χ2n) is 5.04. The Morgan fingerprint density at radius 3 is 2.30 bits per heavy atom. The zero-order chi connectivity index (χ0) is 16.7. The molecular weight excluding hydrogens is 290 g/mol. The molecule has 0 spiro atoms. The molecule has 0 aliphatic heterocycles. The average Bonchev–Trinajstić information content (AvgIpc) is 2.60. The first-order valence-corrected chi connectivity index (χ1v) is 7.58. The van der Waals surface area contributed by atoms with Crippen molar-refractivity contribution in [1.82, 2.24) is 5.32 Å². The van der Waals surface area contributed by atoms with Crippen LogP contribution in [0.1, 0.15) is 22.8 Å². The zero-order valence-electron chi connectivity index (χ0n) is 13.3. The van der Waals surface area contributed by atoms with Gasteiger partial charge in [0.1, 0.15) is 0 Å². The van der Waals surface area contributed by atoms with Gasteiger partial charge in [0.05, 0.1) is 12.1 Å². The van der Waals surface area contributed by atoms with Crippen molar-refractivity contribution in [3.63, 3.8) is 0 Å². The van der Waals surface area contributed by atoms with Gasteiger partial charge >= 0.3 is 0 Å². The highest BCUT2D eigenvalue weighted by atomic mass is 16.2. The number of hydrogen-bond acceptors (Lipinski definition) is 3. The van der Waals surface area contributed by atoms with Crippen LogP contribution in [0.2, 0.25) is 0 Å². The third-order valence-electron chi connectivity index (χ3n) is 3.51. The number of hydrogen-bond donors (Lipinski definition) is 3. The summed E-state index contributed by atoms with van der Waals surface area (Å²) in [6.07, 6.45) is 0.851. The Labute approximate surface area is 136 Å². The van der Waals surface area contributed by atoms with Gasteiger partial charge in [-0.25, -0.2) is 0 Å². The van der Waals surface area contributed by atoms with Gasteiger partial charge in [-0.15, -0.1) is 0 Å². The predicted molar refractivity (Wildman–Crippen MR) is 92.8 cm³/mol. The van der Waals surface area contributed by atoms with Gasteiger partial charge in [0.25, 0.3) is 5.91 Å². The first-order chi connectivity index (χ1) is 11.2. The lowest BCUT2D eigenvalue weighted by Crippen LogP contribution is -2.24. The van der Waals surface area contributed by atoms with E-state index in [0.717, 1.165) is 17.7 Å². The van der Waals surface area contributed by atoms with Crippen molar-refractivity contribution in [3.05, 3.63) is 59.7 Å². The highest BCUT2D eigenvalue weighted by molar-refractivity contribution is 6.00. The number of benzene rings is 2. The number of amides is 2. The van der Waals surface area contributed by atoms with Gasteiger partial charge in [-0.05, 0) is 30.2 Å². The fraction of sp³-hybridized carbons (Fsp3) is 0.222. The van der Waals surface area contributed by atoms with Crippen molar-refractivity contribution < 1.29 is 9.59 Å². The maximum absolute atomic E-state index is 12.1. The van der Waals surface area contributed by atoms with Gasteiger partial charge in [0.15, 0.2) is 0 Å². The van der Waals surface area contributed by atoms with E-state index >= 15 is 0 Å². The summed E-state index contributed by atoms with van der Waals surface area (Å²) in [4.78, 5) is 23.9. The van der Waals surface area contributed by atoms with E-state index in [0.29, 0.717) is 11.3 Å². The van der Waals surface area contributed by atoms with E-state index in [1.54, 1.807) is 25.2 Å². The molecule has 23 heavy (non-hydrogen) atoms. The van der Waals surface area contributed by atoms with E-state index < -0.39 is 0 Å². The maximum atomic E-state index is 12.1. The minimum Gasteiger partial charge on any atom is -0.376 e. The fourth-order valence-electron chi connectivity index (χ4n) is 2.29. The van der Waals surface area contributed by atoms with Crippen molar-refractivity contribution in [2.75, 3.05) is 24.2 Å². The zero-order valence-corrected chi connectivity index (χ0v) is 13.3. The smallest absolute Gasteiger partial charge is 0.253 e. The van der Waals surface area contributed by atoms with Crippen molar-refractivity contribution in [2.24, 2.45) is 0 Å². The summed E-state index contributed by atoms with van der Waals surface area (Å²) >= 11 is 0. The SMILES string of the molecule is CCc1ccccc1NC(=O)CNc1ccccc1C(=O)NC. The van der Waals surface area contributed by atoms with Crippen LogP contribution in [0.3, 0.4) is 0 Å². The first kappa shape index (κ1) is 16.5. The Balaban J connectivity index is 2.01. The minimum atomic E-state index is -0.190. The molecular formula is C18H21N3O2. The lowest BCUT2D eigenvalue weighted by molar-refractivity contribution is -0.114. The normalized spacial score (nSPS) is 10.0. The number of aryl methyl sites for hydroxylation is 1. The van der Waals surface area contributed by atoms with Crippen LogP contribution in [0.5, 0.6) is 0 Å².